The number of thioether (sulfide) groups is 1. The van der Waals surface area contributed by atoms with Crippen molar-refractivity contribution in [2.24, 2.45) is 5.73 Å². The van der Waals surface area contributed by atoms with Crippen LogP contribution in [0.1, 0.15) is 37.8 Å². The standard InChI is InChI=1S/C30H38FN5O5S.C27H34FN5O5.C4H8S2.ClH/c1-2-28(42)32-18-25-20-36(30(38)41-25)23-5-8-27(26(31)17-23)34-9-11-35(12-10-34)29(37)21-40-24-6-3-22(4-7-24)19-33-13-15-39-16-14-33;28-24-15-21(33-18-23(16-29)38-27(33)35)3-6-25(24)31-7-9-32(10-8-31)26(34)19-37-22-4-1-20(2-5-22)17-30-11-13-36-14-12-30;1-3-4(5)6-2;/h3-8,17,25H,2,9-16,18-21H2,1H3,(H,32,42);1-6,15,23H,7-14,16-19,29H2;3H2,1-2H3;1H/t25-;23-;;/m00../s1. The summed E-state index contributed by atoms with van der Waals surface area (Å²) in [6.45, 7) is 17.6. The largest absolute Gasteiger partial charge is 0.484 e. The van der Waals surface area contributed by atoms with E-state index in [2.05, 4.69) is 22.0 Å². The predicted molar refractivity (Wildman–Crippen MR) is 345 cm³/mol. The number of benzene rings is 4. The Morgan fingerprint density at radius 1 is 0.609 bits per heavy atom. The Kier molecular flexibility index (Phi) is 27.1. The number of amides is 4. The van der Waals surface area contributed by atoms with Gasteiger partial charge in [0.05, 0.1) is 73.8 Å². The number of nitrogens with two attached hydrogens (primary N) is 1. The second-order valence-corrected chi connectivity index (χ2v) is 23.4. The normalized spacial score (nSPS) is 19.0. The summed E-state index contributed by atoms with van der Waals surface area (Å²) in [7, 11) is 0. The number of morpholine rings is 2. The molecule has 0 spiro atoms. The number of hydrogen-bond donors (Lipinski definition) is 2. The van der Waals surface area contributed by atoms with Crippen molar-refractivity contribution < 1.29 is 56.4 Å². The van der Waals surface area contributed by atoms with Gasteiger partial charge in [0.25, 0.3) is 11.8 Å². The molecular weight excluding hydrogens is 1200 g/mol. The molecule has 0 aromatic heterocycles. The third kappa shape index (κ3) is 20.2. The minimum atomic E-state index is -0.522. The summed E-state index contributed by atoms with van der Waals surface area (Å²) < 4.78 is 64.1. The summed E-state index contributed by atoms with van der Waals surface area (Å²) in [4.78, 5) is 65.5. The number of nitrogens with one attached hydrogen (secondary N) is 1. The van der Waals surface area contributed by atoms with Crippen LogP contribution in [0.25, 0.3) is 0 Å². The van der Waals surface area contributed by atoms with Gasteiger partial charge >= 0.3 is 12.2 Å². The second-order valence-electron chi connectivity index (χ2n) is 21.2. The number of ether oxygens (including phenoxy) is 6. The molecule has 6 fully saturated rings. The average molecular weight is 1280 g/mol. The van der Waals surface area contributed by atoms with Crippen LogP contribution in [-0.2, 0) is 41.6 Å². The zero-order valence-corrected chi connectivity index (χ0v) is 53.0. The van der Waals surface area contributed by atoms with E-state index in [0.29, 0.717) is 118 Å². The number of cyclic esters (lactones) is 2. The van der Waals surface area contributed by atoms with E-state index < -0.39 is 23.8 Å². The van der Waals surface area contributed by atoms with Crippen LogP contribution in [0.2, 0.25) is 0 Å². The Balaban J connectivity index is 0.000000226. The molecule has 474 valence electrons. The van der Waals surface area contributed by atoms with E-state index >= 15 is 4.39 Å². The van der Waals surface area contributed by atoms with Crippen molar-refractivity contribution in [3.8, 4) is 11.5 Å². The fourth-order valence-electron chi connectivity index (χ4n) is 10.3. The Hall–Kier alpha value is -6.16. The molecule has 4 aromatic rings. The highest BCUT2D eigenvalue weighted by molar-refractivity contribution is 8.22. The number of piperazine rings is 2. The molecule has 0 radical (unpaired) electrons. The Bertz CT molecular complexity index is 2900. The molecule has 6 aliphatic rings. The number of carbonyl (C=O) groups excluding carboxylic acids is 4. The number of halogens is 3. The number of carbonyl (C=O) groups is 4. The molecule has 2 atom stereocenters. The number of hydrogen-bond acceptors (Lipinski definition) is 18. The third-order valence-corrected chi connectivity index (χ3v) is 17.4. The predicted octanol–water partition coefficient (Wildman–Crippen LogP) is 7.22. The molecule has 87 heavy (non-hydrogen) atoms. The SMILES string of the molecule is CCC(=S)NC[C@H]1CN(c2ccc(N3CCN(C(=O)COc4ccc(CN5CCOCC5)cc4)CC3)c(F)c2)C(=O)O1.CCC(=S)SC.Cl.NC[C@H]1CN(c2ccc(N3CCN(C(=O)COc4ccc(CN5CCOCC5)cc4)CC3)c(F)c2)C(=O)O1. The molecular formula is C61H81ClF2N10O10S3. The molecule has 0 bridgehead atoms. The molecule has 4 amide bonds. The van der Waals surface area contributed by atoms with Gasteiger partial charge < -0.3 is 59.1 Å². The van der Waals surface area contributed by atoms with Gasteiger partial charge in [-0.05, 0) is 90.9 Å². The summed E-state index contributed by atoms with van der Waals surface area (Å²) >= 11 is 11.6. The first-order valence-corrected chi connectivity index (χ1v) is 31.4. The highest BCUT2D eigenvalue weighted by Crippen LogP contribution is 2.31. The van der Waals surface area contributed by atoms with Crippen LogP contribution in [0.15, 0.2) is 84.9 Å². The first-order chi connectivity index (χ1) is 41.7. The van der Waals surface area contributed by atoms with E-state index in [1.807, 2.05) is 71.5 Å². The van der Waals surface area contributed by atoms with Gasteiger partial charge in [0.15, 0.2) is 13.2 Å². The van der Waals surface area contributed by atoms with Gasteiger partial charge in [-0.25, -0.2) is 18.4 Å². The van der Waals surface area contributed by atoms with Gasteiger partial charge in [-0.1, -0.05) is 62.5 Å². The zero-order chi connectivity index (χ0) is 61.0. The van der Waals surface area contributed by atoms with Crippen LogP contribution in [0.4, 0.5) is 41.1 Å². The summed E-state index contributed by atoms with van der Waals surface area (Å²) in [6, 6.07) is 25.2. The van der Waals surface area contributed by atoms with Crippen molar-refractivity contribution in [2.45, 2.75) is 52.0 Å². The molecule has 3 N–H and O–H groups in total. The van der Waals surface area contributed by atoms with E-state index in [-0.39, 0.29) is 56.2 Å². The van der Waals surface area contributed by atoms with Crippen LogP contribution in [0.3, 0.4) is 0 Å². The van der Waals surface area contributed by atoms with E-state index in [0.717, 1.165) is 76.3 Å². The van der Waals surface area contributed by atoms with Crippen molar-refractivity contribution >= 4 is 105 Å². The number of thiocarbonyl (C=S) groups is 2. The van der Waals surface area contributed by atoms with Gasteiger partial charge in [-0.3, -0.25) is 29.2 Å². The smallest absolute Gasteiger partial charge is 0.414 e. The molecule has 6 aliphatic heterocycles. The Morgan fingerprint density at radius 3 is 1.38 bits per heavy atom. The van der Waals surface area contributed by atoms with E-state index in [1.54, 1.807) is 45.8 Å². The number of anilines is 4. The van der Waals surface area contributed by atoms with Crippen molar-refractivity contribution in [1.82, 2.24) is 24.9 Å². The van der Waals surface area contributed by atoms with Crippen molar-refractivity contribution in [3.63, 3.8) is 0 Å². The van der Waals surface area contributed by atoms with Crippen LogP contribution in [0, 0.1) is 11.6 Å². The van der Waals surface area contributed by atoms with Crippen molar-refractivity contribution in [2.75, 3.05) is 170 Å². The molecule has 0 unspecified atom stereocenters. The molecule has 6 heterocycles. The van der Waals surface area contributed by atoms with Crippen LogP contribution in [0.5, 0.6) is 11.5 Å². The summed E-state index contributed by atoms with van der Waals surface area (Å²) in [5.41, 5.74) is 9.74. The number of rotatable bonds is 19. The van der Waals surface area contributed by atoms with E-state index in [9.17, 15) is 23.6 Å². The lowest BCUT2D eigenvalue weighted by Gasteiger charge is -2.36. The maximum absolute atomic E-state index is 15.2. The Morgan fingerprint density at radius 2 is 1.02 bits per heavy atom. The van der Waals surface area contributed by atoms with Gasteiger partial charge in [-0.15, -0.1) is 24.2 Å². The molecule has 0 saturated carbocycles. The lowest BCUT2D eigenvalue weighted by molar-refractivity contribution is -0.134. The van der Waals surface area contributed by atoms with Crippen LogP contribution in [-0.4, -0.2) is 216 Å². The second kappa shape index (κ2) is 34.6. The quantitative estimate of drug-likeness (QED) is 0.0896. The third-order valence-electron chi connectivity index (χ3n) is 15.4. The van der Waals surface area contributed by atoms with Crippen molar-refractivity contribution in [3.05, 3.63) is 108 Å². The first-order valence-electron chi connectivity index (χ1n) is 29.4. The van der Waals surface area contributed by atoms with E-state index in [4.69, 9.17) is 58.6 Å². The van der Waals surface area contributed by atoms with Gasteiger partial charge in [0.1, 0.15) is 35.3 Å². The van der Waals surface area contributed by atoms with Crippen LogP contribution >= 0.6 is 48.6 Å². The van der Waals surface area contributed by atoms with Crippen molar-refractivity contribution in [1.29, 1.82) is 0 Å². The van der Waals surface area contributed by atoms with Gasteiger partial charge in [0.2, 0.25) is 0 Å². The van der Waals surface area contributed by atoms with Gasteiger partial charge in [0, 0.05) is 102 Å². The lowest BCUT2D eigenvalue weighted by Crippen LogP contribution is -2.50. The number of nitrogens with zero attached hydrogens (tertiary/aromatic N) is 8. The van der Waals surface area contributed by atoms with E-state index in [1.165, 1.54) is 33.1 Å². The highest BCUT2D eigenvalue weighted by Gasteiger charge is 2.35. The first kappa shape index (κ1) is 68.3. The summed E-state index contributed by atoms with van der Waals surface area (Å²) in [5.74, 6) is 0.271. The molecule has 20 nitrogen and oxygen atoms in total. The highest BCUT2D eigenvalue weighted by atomic mass is 35.5. The minimum absolute atomic E-state index is 0. The fraction of sp³-hybridized carbons (Fsp3) is 0.508. The maximum atomic E-state index is 15.2. The topological polar surface area (TPSA) is 188 Å². The lowest BCUT2D eigenvalue weighted by atomic mass is 10.2. The van der Waals surface area contributed by atoms with Gasteiger partial charge in [-0.2, -0.15) is 0 Å². The average Bonchev–Trinajstić information content (AvgIpc) is 2.87. The molecule has 0 aliphatic carbocycles. The van der Waals surface area contributed by atoms with Crippen LogP contribution < -0.4 is 40.1 Å². The zero-order valence-electron chi connectivity index (χ0n) is 49.7. The Labute approximate surface area is 530 Å². The molecule has 4 aromatic carbocycles. The molecule has 10 rings (SSSR count). The molecule has 26 heteroatoms. The summed E-state index contributed by atoms with van der Waals surface area (Å²) in [5, 5.41) is 3.08. The monoisotopic (exact) mass is 1280 g/mol. The fourth-order valence-corrected chi connectivity index (χ4v) is 10.7. The minimum Gasteiger partial charge on any atom is -0.484 e. The maximum Gasteiger partial charge on any atom is 0.414 e. The summed E-state index contributed by atoms with van der Waals surface area (Å²) in [6.07, 6.45) is 1.97. The molecule has 6 saturated heterocycles.